The van der Waals surface area contributed by atoms with Crippen LogP contribution in [0.25, 0.3) is 10.9 Å². The summed E-state index contributed by atoms with van der Waals surface area (Å²) in [7, 11) is 0. The second kappa shape index (κ2) is 12.6. The Bertz CT molecular complexity index is 1470. The van der Waals surface area contributed by atoms with Gasteiger partial charge in [0.15, 0.2) is 0 Å². The molecule has 3 N–H and O–H groups in total. The number of fused-ring (bicyclic) bond motifs is 1. The summed E-state index contributed by atoms with van der Waals surface area (Å²) >= 11 is 9.45. The van der Waals surface area contributed by atoms with E-state index in [9.17, 15) is 14.4 Å². The van der Waals surface area contributed by atoms with E-state index < -0.39 is 17.7 Å². The summed E-state index contributed by atoms with van der Waals surface area (Å²) < 4.78 is 7.76. The molecule has 10 heteroatoms. The number of aromatic nitrogens is 1. The Labute approximate surface area is 233 Å². The van der Waals surface area contributed by atoms with Crippen LogP contribution in [-0.2, 0) is 9.59 Å². The second-order valence-corrected chi connectivity index (χ2v) is 9.86. The van der Waals surface area contributed by atoms with E-state index >= 15 is 0 Å². The molecule has 196 valence electrons. The Morgan fingerprint density at radius 1 is 0.895 bits per heavy atom. The zero-order valence-electron chi connectivity index (χ0n) is 20.6. The standard InChI is InChI=1S/C28H26BrClN4O4/c1-2-3-4-14-38-23-11-9-21(10-12-23)31-27(36)28(37)33-34-24-13-8-19(29)15-18(24)16-25(34)26(35)32-22-7-5-6-20(30)17-22/h5-13,15-17H,2-4,14H2,1H3,(H,31,36)(H,32,35)(H,33,37). The number of carbonyl (C=O) groups is 3. The number of unbranched alkanes of at least 4 members (excludes halogenated alkanes) is 2. The maximum absolute atomic E-state index is 13.1. The van der Waals surface area contributed by atoms with E-state index in [1.54, 1.807) is 72.8 Å². The summed E-state index contributed by atoms with van der Waals surface area (Å²) in [6.07, 6.45) is 3.18. The zero-order chi connectivity index (χ0) is 27.1. The highest BCUT2D eigenvalue weighted by Gasteiger charge is 2.21. The van der Waals surface area contributed by atoms with Crippen LogP contribution in [0.2, 0.25) is 5.02 Å². The van der Waals surface area contributed by atoms with Crippen molar-refractivity contribution < 1.29 is 19.1 Å². The molecule has 0 spiro atoms. The maximum Gasteiger partial charge on any atom is 0.328 e. The highest BCUT2D eigenvalue weighted by atomic mass is 79.9. The Kier molecular flexibility index (Phi) is 9.04. The number of ether oxygens (including phenoxy) is 1. The number of halogens is 2. The Morgan fingerprint density at radius 2 is 1.68 bits per heavy atom. The third-order valence-electron chi connectivity index (χ3n) is 5.63. The molecule has 0 bridgehead atoms. The summed E-state index contributed by atoms with van der Waals surface area (Å²) in [6, 6.07) is 20.4. The van der Waals surface area contributed by atoms with Gasteiger partial charge in [-0.15, -0.1) is 0 Å². The molecule has 3 aromatic carbocycles. The molecule has 4 aromatic rings. The van der Waals surface area contributed by atoms with Crippen molar-refractivity contribution >= 4 is 67.5 Å². The van der Waals surface area contributed by atoms with Crippen LogP contribution >= 0.6 is 27.5 Å². The monoisotopic (exact) mass is 596 g/mol. The average molecular weight is 598 g/mol. The van der Waals surface area contributed by atoms with Crippen molar-refractivity contribution in [2.75, 3.05) is 22.7 Å². The minimum Gasteiger partial charge on any atom is -0.494 e. The molecule has 0 atom stereocenters. The molecule has 0 saturated carbocycles. The number of rotatable bonds is 9. The second-order valence-electron chi connectivity index (χ2n) is 8.51. The quantitative estimate of drug-likeness (QED) is 0.150. The first-order chi connectivity index (χ1) is 18.3. The van der Waals surface area contributed by atoms with Crippen LogP contribution in [0.5, 0.6) is 5.75 Å². The largest absolute Gasteiger partial charge is 0.494 e. The fourth-order valence-corrected chi connectivity index (χ4v) is 4.32. The Morgan fingerprint density at radius 3 is 2.42 bits per heavy atom. The molecule has 3 amide bonds. The lowest BCUT2D eigenvalue weighted by atomic mass is 10.2. The highest BCUT2D eigenvalue weighted by Crippen LogP contribution is 2.24. The number of hydrogen-bond acceptors (Lipinski definition) is 4. The van der Waals surface area contributed by atoms with Crippen LogP contribution in [0.15, 0.2) is 77.3 Å². The highest BCUT2D eigenvalue weighted by molar-refractivity contribution is 9.10. The van der Waals surface area contributed by atoms with Crippen LogP contribution in [0, 0.1) is 0 Å². The van der Waals surface area contributed by atoms with Gasteiger partial charge in [0, 0.05) is 26.3 Å². The zero-order valence-corrected chi connectivity index (χ0v) is 22.9. The van der Waals surface area contributed by atoms with E-state index in [1.807, 2.05) is 0 Å². The van der Waals surface area contributed by atoms with E-state index in [-0.39, 0.29) is 5.69 Å². The molecule has 4 rings (SSSR count). The van der Waals surface area contributed by atoms with E-state index in [0.717, 1.165) is 23.7 Å². The van der Waals surface area contributed by atoms with Crippen molar-refractivity contribution in [1.29, 1.82) is 0 Å². The topological polar surface area (TPSA) is 101 Å². The maximum atomic E-state index is 13.1. The van der Waals surface area contributed by atoms with Crippen molar-refractivity contribution in [2.24, 2.45) is 0 Å². The summed E-state index contributed by atoms with van der Waals surface area (Å²) in [5.74, 6) is -1.64. The first-order valence-electron chi connectivity index (χ1n) is 12.1. The van der Waals surface area contributed by atoms with E-state index in [0.29, 0.717) is 39.7 Å². The minimum atomic E-state index is -0.942. The normalized spacial score (nSPS) is 10.7. The summed E-state index contributed by atoms with van der Waals surface area (Å²) in [4.78, 5) is 38.7. The number of benzene rings is 3. The third-order valence-corrected chi connectivity index (χ3v) is 6.36. The van der Waals surface area contributed by atoms with Gasteiger partial charge in [-0.2, -0.15) is 0 Å². The summed E-state index contributed by atoms with van der Waals surface area (Å²) in [5.41, 5.74) is 4.13. The lowest BCUT2D eigenvalue weighted by Crippen LogP contribution is -2.36. The van der Waals surface area contributed by atoms with Gasteiger partial charge in [0.1, 0.15) is 11.4 Å². The number of nitrogens with zero attached hydrogens (tertiary/aromatic N) is 1. The van der Waals surface area contributed by atoms with Crippen molar-refractivity contribution in [2.45, 2.75) is 26.2 Å². The van der Waals surface area contributed by atoms with Crippen LogP contribution in [0.3, 0.4) is 0 Å². The molecular weight excluding hydrogens is 572 g/mol. The molecular formula is C28H26BrClN4O4. The molecule has 0 radical (unpaired) electrons. The van der Waals surface area contributed by atoms with Crippen molar-refractivity contribution in [3.8, 4) is 5.75 Å². The first-order valence-corrected chi connectivity index (χ1v) is 13.2. The van der Waals surface area contributed by atoms with Gasteiger partial charge >= 0.3 is 11.8 Å². The summed E-state index contributed by atoms with van der Waals surface area (Å²) in [5, 5.41) is 6.48. The number of carbonyl (C=O) groups excluding carboxylic acids is 3. The van der Waals surface area contributed by atoms with Crippen LogP contribution < -0.4 is 20.8 Å². The SMILES string of the molecule is CCCCCOc1ccc(NC(=O)C(=O)Nn2c(C(=O)Nc3cccc(Cl)c3)cc3cc(Br)ccc32)cc1. The van der Waals surface area contributed by atoms with Gasteiger partial charge < -0.3 is 15.4 Å². The molecule has 8 nitrogen and oxygen atoms in total. The minimum absolute atomic E-state index is 0.129. The van der Waals surface area contributed by atoms with Crippen molar-refractivity contribution in [3.05, 3.63) is 88.0 Å². The van der Waals surface area contributed by atoms with Gasteiger partial charge in [-0.25, -0.2) is 4.68 Å². The van der Waals surface area contributed by atoms with Crippen molar-refractivity contribution in [1.82, 2.24) is 4.68 Å². The van der Waals surface area contributed by atoms with Crippen LogP contribution in [0.4, 0.5) is 11.4 Å². The summed E-state index contributed by atoms with van der Waals surface area (Å²) in [6.45, 7) is 2.75. The molecule has 0 aliphatic rings. The average Bonchev–Trinajstić information content (AvgIpc) is 3.24. The van der Waals surface area contributed by atoms with E-state index in [1.165, 1.54) is 4.68 Å². The Balaban J connectivity index is 1.48. The number of hydrogen-bond donors (Lipinski definition) is 3. The number of amides is 3. The predicted molar refractivity (Wildman–Crippen MR) is 154 cm³/mol. The van der Waals surface area contributed by atoms with Crippen LogP contribution in [-0.4, -0.2) is 29.0 Å². The van der Waals surface area contributed by atoms with Crippen LogP contribution in [0.1, 0.15) is 36.7 Å². The Hall–Kier alpha value is -3.82. The smallest absolute Gasteiger partial charge is 0.328 e. The van der Waals surface area contributed by atoms with Gasteiger partial charge in [0.25, 0.3) is 5.91 Å². The van der Waals surface area contributed by atoms with Gasteiger partial charge in [0.2, 0.25) is 0 Å². The molecule has 1 aromatic heterocycles. The fourth-order valence-electron chi connectivity index (χ4n) is 3.75. The van der Waals surface area contributed by atoms with Gasteiger partial charge in [-0.05, 0) is 73.2 Å². The first kappa shape index (κ1) is 27.2. The fraction of sp³-hybridized carbons (Fsp3) is 0.179. The lowest BCUT2D eigenvalue weighted by molar-refractivity contribution is -0.133. The molecule has 0 fully saturated rings. The van der Waals surface area contributed by atoms with Crippen molar-refractivity contribution in [3.63, 3.8) is 0 Å². The van der Waals surface area contributed by atoms with Gasteiger partial charge in [-0.1, -0.05) is 53.4 Å². The number of anilines is 2. The van der Waals surface area contributed by atoms with Gasteiger partial charge in [-0.3, -0.25) is 19.8 Å². The predicted octanol–water partition coefficient (Wildman–Crippen LogP) is 6.59. The molecule has 0 aliphatic heterocycles. The van der Waals surface area contributed by atoms with E-state index in [2.05, 4.69) is 38.9 Å². The molecule has 0 saturated heterocycles. The van der Waals surface area contributed by atoms with E-state index in [4.69, 9.17) is 16.3 Å². The molecule has 1 heterocycles. The van der Waals surface area contributed by atoms with Gasteiger partial charge in [0.05, 0.1) is 12.1 Å². The number of nitrogens with one attached hydrogen (secondary N) is 3. The molecule has 0 aliphatic carbocycles. The third kappa shape index (κ3) is 6.93. The molecule has 0 unspecified atom stereocenters. The molecule has 38 heavy (non-hydrogen) atoms. The lowest BCUT2D eigenvalue weighted by Gasteiger charge is -2.13.